The third-order valence-electron chi connectivity index (χ3n) is 10.5. The third-order valence-corrected chi connectivity index (χ3v) is 10.5. The van der Waals surface area contributed by atoms with Crippen LogP contribution in [0.25, 0.3) is 77.7 Å². The molecule has 0 aliphatic heterocycles. The van der Waals surface area contributed by atoms with E-state index in [4.69, 9.17) is 28.8 Å². The SMILES string of the molecule is C=C(N=C(N=C(C)c1ccccc1)c1cccc2oc3c(-c4ccc(-c5ccccc5)cc4)nc(C4=CCCC=C4)nc3c12)c1ccc2c(c1)oc1ccccc12. The monoisotopic (exact) mass is 736 g/mol. The Hall–Kier alpha value is -7.44. The number of benzene rings is 6. The minimum absolute atomic E-state index is 0.491. The Kier molecular flexibility index (Phi) is 8.57. The fourth-order valence-corrected chi connectivity index (χ4v) is 7.57. The van der Waals surface area contributed by atoms with Gasteiger partial charge in [0.15, 0.2) is 17.2 Å². The predicted octanol–water partition coefficient (Wildman–Crippen LogP) is 13.3. The van der Waals surface area contributed by atoms with Crippen LogP contribution in [-0.4, -0.2) is 21.5 Å². The maximum Gasteiger partial charge on any atom is 0.180 e. The molecule has 6 nitrogen and oxygen atoms in total. The van der Waals surface area contributed by atoms with E-state index in [1.165, 1.54) is 0 Å². The molecule has 0 spiro atoms. The lowest BCUT2D eigenvalue weighted by molar-refractivity contribution is 0.667. The van der Waals surface area contributed by atoms with Crippen molar-refractivity contribution in [1.82, 2.24) is 9.97 Å². The van der Waals surface area contributed by atoms with Crippen molar-refractivity contribution in [3.8, 4) is 22.4 Å². The van der Waals surface area contributed by atoms with Crippen LogP contribution in [-0.2, 0) is 0 Å². The summed E-state index contributed by atoms with van der Waals surface area (Å²) >= 11 is 0. The number of aliphatic imine (C=N–C) groups is 2. The average Bonchev–Trinajstić information content (AvgIpc) is 3.85. The molecule has 3 aromatic heterocycles. The van der Waals surface area contributed by atoms with E-state index in [9.17, 15) is 0 Å². The first-order valence-corrected chi connectivity index (χ1v) is 19.1. The molecule has 0 bridgehead atoms. The van der Waals surface area contributed by atoms with Gasteiger partial charge in [-0.15, -0.1) is 0 Å². The van der Waals surface area contributed by atoms with E-state index in [1.54, 1.807) is 0 Å². The van der Waals surface area contributed by atoms with Crippen LogP contribution in [0.2, 0.25) is 0 Å². The van der Waals surface area contributed by atoms with Gasteiger partial charge in [-0.2, -0.15) is 0 Å². The second kappa shape index (κ2) is 14.3. The molecular weight excluding hydrogens is 701 g/mol. The summed E-state index contributed by atoms with van der Waals surface area (Å²) in [6.45, 7) is 6.46. The molecule has 0 amide bonds. The molecule has 6 aromatic carbocycles. The Morgan fingerprint density at radius 2 is 1.33 bits per heavy atom. The van der Waals surface area contributed by atoms with Gasteiger partial charge in [0.05, 0.1) is 11.1 Å². The van der Waals surface area contributed by atoms with Gasteiger partial charge in [0, 0.05) is 38.7 Å². The second-order valence-corrected chi connectivity index (χ2v) is 14.2. The summed E-state index contributed by atoms with van der Waals surface area (Å²) in [6, 6.07) is 49.1. The molecule has 57 heavy (non-hydrogen) atoms. The van der Waals surface area contributed by atoms with Gasteiger partial charge in [0.2, 0.25) is 0 Å². The normalized spacial score (nSPS) is 13.5. The van der Waals surface area contributed by atoms with E-state index in [1.807, 2.05) is 79.7 Å². The molecule has 1 aliphatic rings. The van der Waals surface area contributed by atoms with Gasteiger partial charge in [-0.05, 0) is 60.7 Å². The molecule has 272 valence electrons. The average molecular weight is 737 g/mol. The van der Waals surface area contributed by atoms with Crippen molar-refractivity contribution in [1.29, 1.82) is 0 Å². The van der Waals surface area contributed by atoms with E-state index in [0.29, 0.717) is 34.0 Å². The summed E-state index contributed by atoms with van der Waals surface area (Å²) < 4.78 is 13.0. The number of aromatic nitrogens is 2. The second-order valence-electron chi connectivity index (χ2n) is 14.2. The van der Waals surface area contributed by atoms with Gasteiger partial charge in [-0.1, -0.05) is 146 Å². The van der Waals surface area contributed by atoms with Gasteiger partial charge in [-0.3, -0.25) is 0 Å². The van der Waals surface area contributed by atoms with E-state index in [-0.39, 0.29) is 0 Å². The van der Waals surface area contributed by atoms with Gasteiger partial charge < -0.3 is 8.83 Å². The molecular formula is C51H36N4O2. The van der Waals surface area contributed by atoms with Crippen LogP contribution in [0, 0.1) is 0 Å². The molecule has 1 aliphatic carbocycles. The van der Waals surface area contributed by atoms with Gasteiger partial charge >= 0.3 is 0 Å². The predicted molar refractivity (Wildman–Crippen MR) is 234 cm³/mol. The van der Waals surface area contributed by atoms with Crippen LogP contribution < -0.4 is 0 Å². The molecule has 0 saturated carbocycles. The lowest BCUT2D eigenvalue weighted by Crippen LogP contribution is -2.05. The zero-order valence-corrected chi connectivity index (χ0v) is 31.3. The largest absolute Gasteiger partial charge is 0.456 e. The molecule has 0 unspecified atom stereocenters. The van der Waals surface area contributed by atoms with Crippen LogP contribution in [0.4, 0.5) is 0 Å². The fourth-order valence-electron chi connectivity index (χ4n) is 7.57. The smallest absolute Gasteiger partial charge is 0.180 e. The number of hydrogen-bond donors (Lipinski definition) is 0. The lowest BCUT2D eigenvalue weighted by Gasteiger charge is -2.10. The van der Waals surface area contributed by atoms with Crippen LogP contribution in [0.3, 0.4) is 0 Å². The number of hydrogen-bond acceptors (Lipinski definition) is 5. The summed E-state index contributed by atoms with van der Waals surface area (Å²) in [5.41, 5.74) is 12.5. The summed E-state index contributed by atoms with van der Waals surface area (Å²) in [4.78, 5) is 20.8. The highest BCUT2D eigenvalue weighted by atomic mass is 16.3. The molecule has 3 heterocycles. The number of nitrogens with zero attached hydrogens (tertiary/aromatic N) is 4. The molecule has 0 atom stereocenters. The van der Waals surface area contributed by atoms with Crippen LogP contribution in [0.1, 0.15) is 42.3 Å². The first-order valence-electron chi connectivity index (χ1n) is 19.1. The van der Waals surface area contributed by atoms with Crippen LogP contribution in [0.5, 0.6) is 0 Å². The van der Waals surface area contributed by atoms with E-state index >= 15 is 0 Å². The van der Waals surface area contributed by atoms with Crippen molar-refractivity contribution in [3.63, 3.8) is 0 Å². The zero-order chi connectivity index (χ0) is 38.3. The first kappa shape index (κ1) is 34.1. The number of allylic oxidation sites excluding steroid dienone is 4. The zero-order valence-electron chi connectivity index (χ0n) is 31.3. The van der Waals surface area contributed by atoms with Gasteiger partial charge in [-0.25, -0.2) is 20.0 Å². The molecule has 0 N–H and O–H groups in total. The third kappa shape index (κ3) is 6.37. The van der Waals surface area contributed by atoms with Crippen molar-refractivity contribution < 1.29 is 8.83 Å². The number of para-hydroxylation sites is 1. The molecule has 10 rings (SSSR count). The topological polar surface area (TPSA) is 76.8 Å². The van der Waals surface area contributed by atoms with Crippen molar-refractivity contribution in [3.05, 3.63) is 193 Å². The maximum absolute atomic E-state index is 6.74. The summed E-state index contributed by atoms with van der Waals surface area (Å²) in [7, 11) is 0. The number of rotatable bonds is 7. The Balaban J connectivity index is 1.17. The van der Waals surface area contributed by atoms with Crippen LogP contribution in [0.15, 0.2) is 189 Å². The van der Waals surface area contributed by atoms with E-state index < -0.39 is 0 Å². The number of furan rings is 2. The highest BCUT2D eigenvalue weighted by Gasteiger charge is 2.23. The fraction of sp³-hybridized carbons (Fsp3) is 0.0588. The molecule has 0 radical (unpaired) electrons. The molecule has 6 heteroatoms. The number of amidine groups is 1. The van der Waals surface area contributed by atoms with Gasteiger partial charge in [0.1, 0.15) is 28.0 Å². The summed E-state index contributed by atoms with van der Waals surface area (Å²) in [5.74, 6) is 1.13. The van der Waals surface area contributed by atoms with Gasteiger partial charge in [0.25, 0.3) is 0 Å². The molecule has 0 fully saturated rings. The quantitative estimate of drug-likeness (QED) is 0.121. The number of fused-ring (bicyclic) bond motifs is 6. The highest BCUT2D eigenvalue weighted by Crippen LogP contribution is 2.38. The molecule has 9 aromatic rings. The first-order chi connectivity index (χ1) is 28.1. The Bertz CT molecular complexity index is 3130. The standard InChI is InChI=1S/C51H36N4O2/c1-32(34-15-6-3-7-16-34)52-51(53-33(2)39-29-30-41-40-21-12-13-23-43(40)56-45(41)31-39)42-22-14-24-44-46(42)48-49(57-44)47(54-50(55-48)38-19-10-5-11-20-38)37-27-25-36(26-28-37)35-17-8-4-9-18-35/h3-4,6-10,12-31H,2,5,11H2,1H3. The summed E-state index contributed by atoms with van der Waals surface area (Å²) in [6.07, 6.45) is 8.41. The minimum Gasteiger partial charge on any atom is -0.456 e. The Morgan fingerprint density at radius 1 is 0.614 bits per heavy atom. The van der Waals surface area contributed by atoms with E-state index in [0.717, 1.165) is 90.5 Å². The minimum atomic E-state index is 0.491. The lowest BCUT2D eigenvalue weighted by atomic mass is 10.0. The van der Waals surface area contributed by atoms with Crippen molar-refractivity contribution in [2.45, 2.75) is 19.8 Å². The maximum atomic E-state index is 6.74. The molecule has 0 saturated heterocycles. The highest BCUT2D eigenvalue weighted by molar-refractivity contribution is 6.22. The Morgan fingerprint density at radius 3 is 2.14 bits per heavy atom. The van der Waals surface area contributed by atoms with Crippen molar-refractivity contribution in [2.24, 2.45) is 9.98 Å². The van der Waals surface area contributed by atoms with E-state index in [2.05, 4.69) is 97.6 Å². The van der Waals surface area contributed by atoms with Crippen molar-refractivity contribution in [2.75, 3.05) is 0 Å². The Labute approximate surface area is 329 Å². The van der Waals surface area contributed by atoms with Crippen molar-refractivity contribution >= 4 is 66.8 Å². The summed E-state index contributed by atoms with van der Waals surface area (Å²) in [5, 5.41) is 2.92. The van der Waals surface area contributed by atoms with Crippen LogP contribution >= 0.6 is 0 Å².